The van der Waals surface area contributed by atoms with Crippen LogP contribution in [0.3, 0.4) is 0 Å². The molecule has 2 atom stereocenters. The summed E-state index contributed by atoms with van der Waals surface area (Å²) in [6.07, 6.45) is 1.76. The van der Waals surface area contributed by atoms with Crippen molar-refractivity contribution in [3.8, 4) is 0 Å². The zero-order valence-corrected chi connectivity index (χ0v) is 6.12. The highest BCUT2D eigenvalue weighted by Crippen LogP contribution is 2.16. The van der Waals surface area contributed by atoms with Crippen molar-refractivity contribution in [2.45, 2.75) is 18.9 Å². The van der Waals surface area contributed by atoms with Gasteiger partial charge in [0.1, 0.15) is 0 Å². The maximum atomic E-state index is 8.58. The van der Waals surface area contributed by atoms with Crippen LogP contribution in [0.2, 0.25) is 0 Å². The Bertz CT molecular complexity index is 91.6. The molecule has 0 radical (unpaired) electrons. The Morgan fingerprint density at radius 3 is 3.00 bits per heavy atom. The summed E-state index contributed by atoms with van der Waals surface area (Å²) in [4.78, 5) is 0. The second-order valence-corrected chi connectivity index (χ2v) is 2.80. The molecule has 0 amide bonds. The van der Waals surface area contributed by atoms with Crippen molar-refractivity contribution in [3.05, 3.63) is 0 Å². The van der Waals surface area contributed by atoms with Crippen LogP contribution in [0.4, 0.5) is 0 Å². The van der Waals surface area contributed by atoms with Crippen LogP contribution in [0.5, 0.6) is 0 Å². The standard InChI is InChI=1S/C7H15NO2/c8-7(1-3-9)6-2-4-10-5-6/h6-7,9H,1-5,8H2. The van der Waals surface area contributed by atoms with E-state index in [0.29, 0.717) is 12.3 Å². The van der Waals surface area contributed by atoms with E-state index in [1.807, 2.05) is 0 Å². The summed E-state index contributed by atoms with van der Waals surface area (Å²) in [5.74, 6) is 0.479. The molecular weight excluding hydrogens is 130 g/mol. The molecule has 1 aliphatic rings. The molecule has 0 bridgehead atoms. The van der Waals surface area contributed by atoms with Crippen LogP contribution in [0.15, 0.2) is 0 Å². The topological polar surface area (TPSA) is 55.5 Å². The molecule has 10 heavy (non-hydrogen) atoms. The molecule has 3 nitrogen and oxygen atoms in total. The zero-order chi connectivity index (χ0) is 7.40. The molecule has 1 aliphatic heterocycles. The summed E-state index contributed by atoms with van der Waals surface area (Å²) in [6, 6.07) is 0.132. The number of nitrogens with two attached hydrogens (primary N) is 1. The summed E-state index contributed by atoms with van der Waals surface area (Å²) in [5.41, 5.74) is 5.75. The average molecular weight is 145 g/mol. The molecule has 1 heterocycles. The smallest absolute Gasteiger partial charge is 0.0509 e. The number of hydrogen-bond acceptors (Lipinski definition) is 3. The maximum absolute atomic E-state index is 8.58. The highest BCUT2D eigenvalue weighted by molar-refractivity contribution is 4.75. The fraction of sp³-hybridized carbons (Fsp3) is 1.00. The van der Waals surface area contributed by atoms with Gasteiger partial charge in [0, 0.05) is 19.3 Å². The molecule has 1 fully saturated rings. The lowest BCUT2D eigenvalue weighted by atomic mass is 9.98. The number of rotatable bonds is 3. The van der Waals surface area contributed by atoms with Crippen LogP contribution < -0.4 is 5.73 Å². The minimum atomic E-state index is 0.132. The number of aliphatic hydroxyl groups excluding tert-OH is 1. The average Bonchev–Trinajstić information content (AvgIpc) is 2.38. The van der Waals surface area contributed by atoms with Gasteiger partial charge in [0.25, 0.3) is 0 Å². The molecule has 3 N–H and O–H groups in total. The molecule has 60 valence electrons. The van der Waals surface area contributed by atoms with Crippen LogP contribution in [0.25, 0.3) is 0 Å². The van der Waals surface area contributed by atoms with Gasteiger partial charge >= 0.3 is 0 Å². The van der Waals surface area contributed by atoms with Crippen molar-refractivity contribution in [1.29, 1.82) is 0 Å². The summed E-state index contributed by atoms with van der Waals surface area (Å²) < 4.78 is 5.16. The molecule has 0 aliphatic carbocycles. The second kappa shape index (κ2) is 3.91. The molecule has 0 aromatic rings. The number of hydrogen-bond donors (Lipinski definition) is 2. The third kappa shape index (κ3) is 1.94. The first kappa shape index (κ1) is 7.98. The molecule has 0 spiro atoms. The lowest BCUT2D eigenvalue weighted by Gasteiger charge is -2.15. The fourth-order valence-electron chi connectivity index (χ4n) is 1.28. The Kier molecular flexibility index (Phi) is 3.12. The Morgan fingerprint density at radius 2 is 2.50 bits per heavy atom. The summed E-state index contributed by atoms with van der Waals surface area (Å²) in [6.45, 7) is 1.81. The van der Waals surface area contributed by atoms with Gasteiger partial charge in [0.05, 0.1) is 6.61 Å². The maximum Gasteiger partial charge on any atom is 0.0509 e. The minimum absolute atomic E-state index is 0.132. The first-order valence-electron chi connectivity index (χ1n) is 3.78. The minimum Gasteiger partial charge on any atom is -0.396 e. The Hall–Kier alpha value is -0.120. The van der Waals surface area contributed by atoms with Gasteiger partial charge in [0.15, 0.2) is 0 Å². The highest BCUT2D eigenvalue weighted by atomic mass is 16.5. The lowest BCUT2D eigenvalue weighted by Crippen LogP contribution is -2.31. The van der Waals surface area contributed by atoms with E-state index >= 15 is 0 Å². The van der Waals surface area contributed by atoms with Gasteiger partial charge in [-0.15, -0.1) is 0 Å². The molecule has 1 saturated heterocycles. The second-order valence-electron chi connectivity index (χ2n) is 2.80. The summed E-state index contributed by atoms with van der Waals surface area (Å²) in [5, 5.41) is 8.58. The van der Waals surface area contributed by atoms with Gasteiger partial charge in [-0.3, -0.25) is 0 Å². The molecule has 1 rings (SSSR count). The molecule has 3 heteroatoms. The quantitative estimate of drug-likeness (QED) is 0.575. The van der Waals surface area contributed by atoms with Crippen molar-refractivity contribution in [3.63, 3.8) is 0 Å². The van der Waals surface area contributed by atoms with Gasteiger partial charge in [0.2, 0.25) is 0 Å². The fourth-order valence-corrected chi connectivity index (χ4v) is 1.28. The summed E-state index contributed by atoms with van der Waals surface area (Å²) >= 11 is 0. The van der Waals surface area contributed by atoms with Gasteiger partial charge in [-0.05, 0) is 18.8 Å². The SMILES string of the molecule is NC(CCO)C1CCOC1. The van der Waals surface area contributed by atoms with Crippen LogP contribution in [0, 0.1) is 5.92 Å². The molecule has 0 aromatic heterocycles. The predicted molar refractivity (Wildman–Crippen MR) is 38.6 cm³/mol. The van der Waals surface area contributed by atoms with Gasteiger partial charge in [-0.25, -0.2) is 0 Å². The van der Waals surface area contributed by atoms with E-state index in [9.17, 15) is 0 Å². The van der Waals surface area contributed by atoms with Crippen molar-refractivity contribution >= 4 is 0 Å². The van der Waals surface area contributed by atoms with E-state index < -0.39 is 0 Å². The Balaban J connectivity index is 2.18. The molecule has 0 aromatic carbocycles. The third-order valence-corrected chi connectivity index (χ3v) is 2.03. The first-order chi connectivity index (χ1) is 4.84. The monoisotopic (exact) mass is 145 g/mol. The van der Waals surface area contributed by atoms with Gasteiger partial charge < -0.3 is 15.6 Å². The Labute approximate surface area is 61.2 Å². The van der Waals surface area contributed by atoms with E-state index in [2.05, 4.69) is 0 Å². The largest absolute Gasteiger partial charge is 0.396 e. The van der Waals surface area contributed by atoms with Crippen molar-refractivity contribution < 1.29 is 9.84 Å². The van der Waals surface area contributed by atoms with Crippen LogP contribution in [-0.4, -0.2) is 31.0 Å². The van der Waals surface area contributed by atoms with Gasteiger partial charge in [-0.1, -0.05) is 0 Å². The van der Waals surface area contributed by atoms with E-state index in [0.717, 1.165) is 19.6 Å². The lowest BCUT2D eigenvalue weighted by molar-refractivity contribution is 0.175. The van der Waals surface area contributed by atoms with Gasteiger partial charge in [-0.2, -0.15) is 0 Å². The van der Waals surface area contributed by atoms with Crippen LogP contribution in [0.1, 0.15) is 12.8 Å². The predicted octanol–water partition coefficient (Wildman–Crippen LogP) is -0.267. The van der Waals surface area contributed by atoms with E-state index in [-0.39, 0.29) is 12.6 Å². The molecule has 2 unspecified atom stereocenters. The molecular formula is C7H15NO2. The van der Waals surface area contributed by atoms with E-state index in [1.165, 1.54) is 0 Å². The zero-order valence-electron chi connectivity index (χ0n) is 6.12. The van der Waals surface area contributed by atoms with Crippen LogP contribution >= 0.6 is 0 Å². The van der Waals surface area contributed by atoms with Crippen LogP contribution in [-0.2, 0) is 4.74 Å². The van der Waals surface area contributed by atoms with E-state index in [4.69, 9.17) is 15.6 Å². The van der Waals surface area contributed by atoms with E-state index in [1.54, 1.807) is 0 Å². The summed E-state index contributed by atoms with van der Waals surface area (Å²) in [7, 11) is 0. The van der Waals surface area contributed by atoms with Crippen molar-refractivity contribution in [2.24, 2.45) is 11.7 Å². The third-order valence-electron chi connectivity index (χ3n) is 2.03. The molecule has 0 saturated carbocycles. The number of aliphatic hydroxyl groups is 1. The normalized spacial score (nSPS) is 28.8. The van der Waals surface area contributed by atoms with Crippen molar-refractivity contribution in [2.75, 3.05) is 19.8 Å². The first-order valence-corrected chi connectivity index (χ1v) is 3.78. The highest BCUT2D eigenvalue weighted by Gasteiger charge is 2.21. The van der Waals surface area contributed by atoms with Crippen molar-refractivity contribution in [1.82, 2.24) is 0 Å². The number of ether oxygens (including phenoxy) is 1. The Morgan fingerprint density at radius 1 is 1.70 bits per heavy atom.